The first-order valence-corrected chi connectivity index (χ1v) is 6.18. The number of hydrogen-bond donors (Lipinski definition) is 1. The number of aromatic nitrogens is 2. The molecule has 6 heteroatoms. The van der Waals surface area contributed by atoms with Gasteiger partial charge in [0.1, 0.15) is 11.6 Å². The van der Waals surface area contributed by atoms with Crippen molar-refractivity contribution in [2.45, 2.75) is 6.42 Å². The molecule has 2 rings (SSSR count). The Morgan fingerprint density at radius 3 is 2.85 bits per heavy atom. The summed E-state index contributed by atoms with van der Waals surface area (Å²) in [6.07, 6.45) is 4.13. The SMILES string of the molecule is COc1ccc(C(=O)OCCc2nccn2C)cc1N. The number of nitrogens with zero attached hydrogens (tertiary/aromatic N) is 2. The molecule has 1 aromatic carbocycles. The van der Waals surface area contributed by atoms with E-state index in [1.54, 1.807) is 24.4 Å². The molecule has 1 heterocycles. The second kappa shape index (κ2) is 6.10. The van der Waals surface area contributed by atoms with Crippen molar-refractivity contribution < 1.29 is 14.3 Å². The van der Waals surface area contributed by atoms with Crippen LogP contribution in [0.1, 0.15) is 16.2 Å². The number of carbonyl (C=O) groups excluding carboxylic acids is 1. The molecule has 0 atom stereocenters. The van der Waals surface area contributed by atoms with Crippen molar-refractivity contribution in [3.8, 4) is 5.75 Å². The number of rotatable bonds is 5. The fourth-order valence-electron chi connectivity index (χ4n) is 1.82. The van der Waals surface area contributed by atoms with Crippen LogP contribution < -0.4 is 10.5 Å². The van der Waals surface area contributed by atoms with Crippen LogP contribution in [-0.2, 0) is 18.2 Å². The van der Waals surface area contributed by atoms with Gasteiger partial charge < -0.3 is 19.8 Å². The zero-order valence-electron chi connectivity index (χ0n) is 11.5. The highest BCUT2D eigenvalue weighted by atomic mass is 16.5. The molecule has 2 aromatic rings. The third-order valence-corrected chi connectivity index (χ3v) is 2.95. The van der Waals surface area contributed by atoms with Crippen LogP contribution in [0.15, 0.2) is 30.6 Å². The minimum absolute atomic E-state index is 0.273. The van der Waals surface area contributed by atoms with Crippen LogP contribution in [-0.4, -0.2) is 29.2 Å². The molecule has 0 saturated carbocycles. The molecule has 0 unspecified atom stereocenters. The molecule has 0 radical (unpaired) electrons. The molecule has 1 aromatic heterocycles. The monoisotopic (exact) mass is 275 g/mol. The molecule has 2 N–H and O–H groups in total. The number of imidazole rings is 1. The van der Waals surface area contributed by atoms with Crippen LogP contribution in [0.25, 0.3) is 0 Å². The smallest absolute Gasteiger partial charge is 0.338 e. The van der Waals surface area contributed by atoms with Gasteiger partial charge in [0, 0.05) is 25.9 Å². The Hall–Kier alpha value is -2.50. The molecular formula is C14H17N3O3. The maximum Gasteiger partial charge on any atom is 0.338 e. The zero-order valence-corrected chi connectivity index (χ0v) is 11.5. The number of esters is 1. The molecule has 0 amide bonds. The lowest BCUT2D eigenvalue weighted by atomic mass is 10.2. The summed E-state index contributed by atoms with van der Waals surface area (Å²) in [6, 6.07) is 4.81. The molecular weight excluding hydrogens is 258 g/mol. The number of ether oxygens (including phenoxy) is 2. The quantitative estimate of drug-likeness (QED) is 0.659. The highest BCUT2D eigenvalue weighted by Gasteiger charge is 2.10. The van der Waals surface area contributed by atoms with E-state index in [0.717, 1.165) is 5.82 Å². The maximum atomic E-state index is 11.9. The van der Waals surface area contributed by atoms with Gasteiger partial charge in [-0.1, -0.05) is 0 Å². The first-order chi connectivity index (χ1) is 9.61. The standard InChI is InChI=1S/C14H17N3O3/c1-17-7-6-16-13(17)5-8-20-14(18)10-3-4-12(19-2)11(15)9-10/h3-4,6-7,9H,5,8,15H2,1-2H3. The van der Waals surface area contributed by atoms with Crippen LogP contribution in [0, 0.1) is 0 Å². The van der Waals surface area contributed by atoms with Crippen molar-refractivity contribution in [3.05, 3.63) is 42.0 Å². The Labute approximate surface area is 117 Å². The van der Waals surface area contributed by atoms with Gasteiger partial charge in [0.05, 0.1) is 25.0 Å². The van der Waals surface area contributed by atoms with Gasteiger partial charge in [0.25, 0.3) is 0 Å². The van der Waals surface area contributed by atoms with Crippen molar-refractivity contribution >= 4 is 11.7 Å². The van der Waals surface area contributed by atoms with Crippen LogP contribution in [0.3, 0.4) is 0 Å². The number of hydrogen-bond acceptors (Lipinski definition) is 5. The predicted molar refractivity (Wildman–Crippen MR) is 74.6 cm³/mol. The topological polar surface area (TPSA) is 79.4 Å². The highest BCUT2D eigenvalue weighted by Crippen LogP contribution is 2.22. The van der Waals surface area contributed by atoms with E-state index in [1.165, 1.54) is 7.11 Å². The zero-order chi connectivity index (χ0) is 14.5. The van der Waals surface area contributed by atoms with Crippen LogP contribution >= 0.6 is 0 Å². The minimum atomic E-state index is -0.409. The largest absolute Gasteiger partial charge is 0.495 e. The molecule has 0 saturated heterocycles. The maximum absolute atomic E-state index is 11.9. The van der Waals surface area contributed by atoms with Gasteiger partial charge in [-0.15, -0.1) is 0 Å². The molecule has 6 nitrogen and oxygen atoms in total. The number of nitrogens with two attached hydrogens (primary N) is 1. The van der Waals surface area contributed by atoms with E-state index in [1.807, 2.05) is 17.8 Å². The third-order valence-electron chi connectivity index (χ3n) is 2.95. The lowest BCUT2D eigenvalue weighted by molar-refractivity contribution is 0.0507. The Balaban J connectivity index is 1.92. The summed E-state index contributed by atoms with van der Waals surface area (Å²) in [5, 5.41) is 0. The number of carbonyl (C=O) groups is 1. The summed E-state index contributed by atoms with van der Waals surface area (Å²) in [5.74, 6) is 0.996. The number of anilines is 1. The number of nitrogen functional groups attached to an aromatic ring is 1. The van der Waals surface area contributed by atoms with E-state index in [0.29, 0.717) is 23.4 Å². The minimum Gasteiger partial charge on any atom is -0.495 e. The Morgan fingerprint density at radius 1 is 1.45 bits per heavy atom. The van der Waals surface area contributed by atoms with Gasteiger partial charge in [0.2, 0.25) is 0 Å². The fraction of sp³-hybridized carbons (Fsp3) is 0.286. The van der Waals surface area contributed by atoms with E-state index >= 15 is 0 Å². The van der Waals surface area contributed by atoms with Crippen LogP contribution in [0.5, 0.6) is 5.75 Å². The summed E-state index contributed by atoms with van der Waals surface area (Å²) in [7, 11) is 3.42. The molecule has 0 bridgehead atoms. The van der Waals surface area contributed by atoms with Gasteiger partial charge in [-0.25, -0.2) is 9.78 Å². The van der Waals surface area contributed by atoms with E-state index in [4.69, 9.17) is 15.2 Å². The van der Waals surface area contributed by atoms with E-state index in [9.17, 15) is 4.79 Å². The Bertz CT molecular complexity index is 607. The summed E-state index contributed by atoms with van der Waals surface area (Å²) in [6.45, 7) is 0.273. The molecule has 0 aliphatic heterocycles. The summed E-state index contributed by atoms with van der Waals surface area (Å²) in [4.78, 5) is 16.0. The first kappa shape index (κ1) is 13.9. The van der Waals surface area contributed by atoms with Crippen molar-refractivity contribution in [1.82, 2.24) is 9.55 Å². The molecule has 0 spiro atoms. The first-order valence-electron chi connectivity index (χ1n) is 6.18. The van der Waals surface area contributed by atoms with Crippen molar-refractivity contribution in [3.63, 3.8) is 0 Å². The predicted octanol–water partition coefficient (Wildman–Crippen LogP) is 1.41. The lowest BCUT2D eigenvalue weighted by Crippen LogP contribution is -2.10. The molecule has 0 aliphatic carbocycles. The Morgan fingerprint density at radius 2 is 2.25 bits per heavy atom. The van der Waals surface area contributed by atoms with Crippen LogP contribution in [0.4, 0.5) is 5.69 Å². The number of aryl methyl sites for hydroxylation is 1. The van der Waals surface area contributed by atoms with Gasteiger partial charge >= 0.3 is 5.97 Å². The average Bonchev–Trinajstić information content (AvgIpc) is 2.84. The Kier molecular flexibility index (Phi) is 4.24. The molecule has 20 heavy (non-hydrogen) atoms. The van der Waals surface area contributed by atoms with E-state index < -0.39 is 5.97 Å². The summed E-state index contributed by atoms with van der Waals surface area (Å²) < 4.78 is 12.1. The normalized spacial score (nSPS) is 10.3. The molecule has 0 aliphatic rings. The van der Waals surface area contributed by atoms with Gasteiger partial charge in [-0.05, 0) is 18.2 Å². The highest BCUT2D eigenvalue weighted by molar-refractivity contribution is 5.91. The van der Waals surface area contributed by atoms with Gasteiger partial charge in [-0.2, -0.15) is 0 Å². The number of methoxy groups -OCH3 is 1. The second-order valence-corrected chi connectivity index (χ2v) is 4.30. The average molecular weight is 275 g/mol. The third kappa shape index (κ3) is 3.09. The lowest BCUT2D eigenvalue weighted by Gasteiger charge is -2.08. The van der Waals surface area contributed by atoms with E-state index in [2.05, 4.69) is 4.98 Å². The molecule has 0 fully saturated rings. The number of benzene rings is 1. The van der Waals surface area contributed by atoms with Crippen molar-refractivity contribution in [1.29, 1.82) is 0 Å². The van der Waals surface area contributed by atoms with Gasteiger partial charge in [-0.3, -0.25) is 0 Å². The molecule has 106 valence electrons. The van der Waals surface area contributed by atoms with Crippen molar-refractivity contribution in [2.75, 3.05) is 19.5 Å². The summed E-state index contributed by atoms with van der Waals surface area (Å²) >= 11 is 0. The van der Waals surface area contributed by atoms with Crippen LogP contribution in [0.2, 0.25) is 0 Å². The van der Waals surface area contributed by atoms with Crippen molar-refractivity contribution in [2.24, 2.45) is 7.05 Å². The summed E-state index contributed by atoms with van der Waals surface area (Å²) in [5.41, 5.74) is 6.56. The van der Waals surface area contributed by atoms with E-state index in [-0.39, 0.29) is 6.61 Å². The van der Waals surface area contributed by atoms with Gasteiger partial charge in [0.15, 0.2) is 0 Å². The second-order valence-electron chi connectivity index (χ2n) is 4.30. The fourth-order valence-corrected chi connectivity index (χ4v) is 1.82.